The smallest absolute Gasteiger partial charge is 0.317 e. The first kappa shape index (κ1) is 13.9. The van der Waals surface area contributed by atoms with Crippen molar-refractivity contribution in [2.24, 2.45) is 11.7 Å². The van der Waals surface area contributed by atoms with E-state index >= 15 is 0 Å². The van der Waals surface area contributed by atoms with E-state index < -0.39 is 0 Å². The molecule has 0 aliphatic carbocycles. The number of nitrogens with zero attached hydrogens (tertiary/aromatic N) is 1. The highest BCUT2D eigenvalue weighted by atomic mass is 16.2. The van der Waals surface area contributed by atoms with Gasteiger partial charge in [-0.3, -0.25) is 0 Å². The molecule has 0 spiro atoms. The summed E-state index contributed by atoms with van der Waals surface area (Å²) in [6.07, 6.45) is 2.17. The van der Waals surface area contributed by atoms with Gasteiger partial charge < -0.3 is 16.0 Å². The van der Waals surface area contributed by atoms with E-state index in [1.165, 1.54) is 0 Å². The van der Waals surface area contributed by atoms with E-state index in [4.69, 9.17) is 5.73 Å². The highest BCUT2D eigenvalue weighted by molar-refractivity contribution is 5.74. The van der Waals surface area contributed by atoms with Crippen LogP contribution in [0, 0.1) is 5.92 Å². The highest BCUT2D eigenvalue weighted by Crippen LogP contribution is 2.21. The minimum Gasteiger partial charge on any atom is -0.334 e. The SMILES string of the molecule is CC1CCC(CN)CN1C(=O)NCc1ccccc1. The fraction of sp³-hybridized carbons (Fsp3) is 0.533. The average molecular weight is 261 g/mol. The second-order valence-corrected chi connectivity index (χ2v) is 5.32. The summed E-state index contributed by atoms with van der Waals surface area (Å²) in [5.74, 6) is 0.443. The molecule has 4 heteroatoms. The molecule has 1 saturated heterocycles. The van der Waals surface area contributed by atoms with Gasteiger partial charge in [0.05, 0.1) is 0 Å². The molecule has 1 aliphatic rings. The maximum Gasteiger partial charge on any atom is 0.317 e. The summed E-state index contributed by atoms with van der Waals surface area (Å²) in [5, 5.41) is 2.99. The minimum atomic E-state index is 0.0227. The molecule has 1 heterocycles. The van der Waals surface area contributed by atoms with Crippen LogP contribution < -0.4 is 11.1 Å². The zero-order chi connectivity index (χ0) is 13.7. The number of hydrogen-bond donors (Lipinski definition) is 2. The summed E-state index contributed by atoms with van der Waals surface area (Å²) in [5.41, 5.74) is 6.84. The monoisotopic (exact) mass is 261 g/mol. The Labute approximate surface area is 115 Å². The van der Waals surface area contributed by atoms with Crippen LogP contribution in [0.25, 0.3) is 0 Å². The Balaban J connectivity index is 1.88. The third-order valence-corrected chi connectivity index (χ3v) is 3.86. The summed E-state index contributed by atoms with van der Waals surface area (Å²) in [4.78, 5) is 14.1. The fourth-order valence-corrected chi connectivity index (χ4v) is 2.53. The molecule has 3 N–H and O–H groups in total. The van der Waals surface area contributed by atoms with E-state index in [1.807, 2.05) is 35.2 Å². The molecule has 2 atom stereocenters. The van der Waals surface area contributed by atoms with E-state index in [2.05, 4.69) is 12.2 Å². The second kappa shape index (κ2) is 6.57. The van der Waals surface area contributed by atoms with Gasteiger partial charge in [-0.1, -0.05) is 30.3 Å². The molecule has 0 radical (unpaired) electrons. The molecule has 2 amide bonds. The maximum absolute atomic E-state index is 12.2. The molecule has 19 heavy (non-hydrogen) atoms. The Bertz CT molecular complexity index is 407. The molecule has 1 aliphatic heterocycles. The molecule has 104 valence electrons. The van der Waals surface area contributed by atoms with Gasteiger partial charge in [-0.25, -0.2) is 4.79 Å². The van der Waals surface area contributed by atoms with Crippen LogP contribution in [-0.4, -0.2) is 30.1 Å². The standard InChI is InChI=1S/C15H23N3O/c1-12-7-8-14(9-16)11-18(12)15(19)17-10-13-5-3-2-4-6-13/h2-6,12,14H,7-11,16H2,1H3,(H,17,19). The van der Waals surface area contributed by atoms with Gasteiger partial charge in [0.1, 0.15) is 0 Å². The predicted octanol–water partition coefficient (Wildman–Crippen LogP) is 1.96. The molecule has 1 aromatic carbocycles. The third-order valence-electron chi connectivity index (χ3n) is 3.86. The predicted molar refractivity (Wildman–Crippen MR) is 76.6 cm³/mol. The first-order chi connectivity index (χ1) is 9.20. The Morgan fingerprint density at radius 3 is 2.79 bits per heavy atom. The summed E-state index contributed by atoms with van der Waals surface area (Å²) in [7, 11) is 0. The van der Waals surface area contributed by atoms with E-state index in [0.717, 1.165) is 24.9 Å². The first-order valence-electron chi connectivity index (χ1n) is 6.99. The number of carbonyl (C=O) groups is 1. The van der Waals surface area contributed by atoms with Crippen LogP contribution in [0.3, 0.4) is 0 Å². The van der Waals surface area contributed by atoms with Gasteiger partial charge in [0.15, 0.2) is 0 Å². The molecule has 2 unspecified atom stereocenters. The molecule has 2 rings (SSSR count). The van der Waals surface area contributed by atoms with Crippen molar-refractivity contribution in [2.75, 3.05) is 13.1 Å². The van der Waals surface area contributed by atoms with Gasteiger partial charge in [-0.05, 0) is 37.8 Å². The lowest BCUT2D eigenvalue weighted by atomic mass is 9.94. The van der Waals surface area contributed by atoms with Crippen molar-refractivity contribution < 1.29 is 4.79 Å². The molecule has 1 aromatic rings. The maximum atomic E-state index is 12.2. The van der Waals surface area contributed by atoms with Gasteiger partial charge in [-0.15, -0.1) is 0 Å². The zero-order valence-corrected chi connectivity index (χ0v) is 11.5. The Morgan fingerprint density at radius 2 is 2.11 bits per heavy atom. The quantitative estimate of drug-likeness (QED) is 0.873. The minimum absolute atomic E-state index is 0.0227. The number of likely N-dealkylation sites (tertiary alicyclic amines) is 1. The molecule has 0 aromatic heterocycles. The second-order valence-electron chi connectivity index (χ2n) is 5.32. The number of piperidine rings is 1. The van der Waals surface area contributed by atoms with E-state index in [9.17, 15) is 4.79 Å². The molecule has 4 nitrogen and oxygen atoms in total. The number of carbonyl (C=O) groups excluding carboxylic acids is 1. The van der Waals surface area contributed by atoms with Crippen molar-refractivity contribution >= 4 is 6.03 Å². The van der Waals surface area contributed by atoms with E-state index in [-0.39, 0.29) is 6.03 Å². The van der Waals surface area contributed by atoms with Gasteiger partial charge in [0.2, 0.25) is 0 Å². The number of rotatable bonds is 3. The summed E-state index contributed by atoms with van der Waals surface area (Å²) >= 11 is 0. The number of nitrogens with one attached hydrogen (secondary N) is 1. The van der Waals surface area contributed by atoms with Crippen molar-refractivity contribution in [3.63, 3.8) is 0 Å². The van der Waals surface area contributed by atoms with Crippen LogP contribution in [0.5, 0.6) is 0 Å². The zero-order valence-electron chi connectivity index (χ0n) is 11.5. The van der Waals surface area contributed by atoms with Crippen molar-refractivity contribution in [3.05, 3.63) is 35.9 Å². The lowest BCUT2D eigenvalue weighted by Gasteiger charge is -2.37. The van der Waals surface area contributed by atoms with Crippen molar-refractivity contribution in [1.29, 1.82) is 0 Å². The van der Waals surface area contributed by atoms with Crippen molar-refractivity contribution in [2.45, 2.75) is 32.4 Å². The van der Waals surface area contributed by atoms with Crippen molar-refractivity contribution in [1.82, 2.24) is 10.2 Å². The first-order valence-corrected chi connectivity index (χ1v) is 6.99. The van der Waals surface area contributed by atoms with Crippen LogP contribution in [0.2, 0.25) is 0 Å². The molecule has 1 fully saturated rings. The summed E-state index contributed by atoms with van der Waals surface area (Å²) in [6, 6.07) is 10.3. The average Bonchev–Trinajstić information content (AvgIpc) is 2.46. The lowest BCUT2D eigenvalue weighted by molar-refractivity contribution is 0.133. The highest BCUT2D eigenvalue weighted by Gasteiger charge is 2.27. The molecule has 0 saturated carbocycles. The van der Waals surface area contributed by atoms with Crippen LogP contribution in [0.15, 0.2) is 30.3 Å². The Kier molecular flexibility index (Phi) is 4.80. The number of benzene rings is 1. The number of amides is 2. The van der Waals surface area contributed by atoms with Crippen LogP contribution in [0.1, 0.15) is 25.3 Å². The van der Waals surface area contributed by atoms with Crippen LogP contribution in [-0.2, 0) is 6.54 Å². The topological polar surface area (TPSA) is 58.4 Å². The van der Waals surface area contributed by atoms with Crippen LogP contribution >= 0.6 is 0 Å². The lowest BCUT2D eigenvalue weighted by Crippen LogP contribution is -2.50. The fourth-order valence-electron chi connectivity index (χ4n) is 2.53. The Morgan fingerprint density at radius 1 is 1.37 bits per heavy atom. The summed E-state index contributed by atoms with van der Waals surface area (Å²) < 4.78 is 0. The number of urea groups is 1. The van der Waals surface area contributed by atoms with Gasteiger partial charge in [-0.2, -0.15) is 0 Å². The van der Waals surface area contributed by atoms with Crippen molar-refractivity contribution in [3.8, 4) is 0 Å². The normalized spacial score (nSPS) is 23.2. The summed E-state index contributed by atoms with van der Waals surface area (Å²) in [6.45, 7) is 4.12. The van der Waals surface area contributed by atoms with E-state index in [0.29, 0.717) is 25.0 Å². The van der Waals surface area contributed by atoms with Gasteiger partial charge in [0, 0.05) is 19.1 Å². The van der Waals surface area contributed by atoms with Gasteiger partial charge >= 0.3 is 6.03 Å². The molecular weight excluding hydrogens is 238 g/mol. The van der Waals surface area contributed by atoms with Crippen LogP contribution in [0.4, 0.5) is 4.79 Å². The number of nitrogens with two attached hydrogens (primary N) is 1. The van der Waals surface area contributed by atoms with Gasteiger partial charge in [0.25, 0.3) is 0 Å². The van der Waals surface area contributed by atoms with E-state index in [1.54, 1.807) is 0 Å². The Hall–Kier alpha value is -1.55. The largest absolute Gasteiger partial charge is 0.334 e. The molecule has 0 bridgehead atoms. The molecular formula is C15H23N3O. The number of hydrogen-bond acceptors (Lipinski definition) is 2. The third kappa shape index (κ3) is 3.70.